The normalized spacial score (nSPS) is 23.8. The summed E-state index contributed by atoms with van der Waals surface area (Å²) in [4.78, 5) is 36.2. The summed E-state index contributed by atoms with van der Waals surface area (Å²) in [5.41, 5.74) is 0. The Kier molecular flexibility index (Phi) is 5.01. The first-order valence-corrected chi connectivity index (χ1v) is 7.49. The standard InChI is InChI=1S/C11H18N2O4S/c1-4-5-8-9(14)12-11(16)13(10(8)15)6-7(2)18(3)17/h7-8H,4-6H2,1-3H3,(H,12,14,16). The number of hydrogen-bond donors (Lipinski definition) is 1. The number of hydrogen-bond acceptors (Lipinski definition) is 4. The van der Waals surface area contributed by atoms with E-state index >= 15 is 0 Å². The Hall–Kier alpha value is -1.24. The maximum Gasteiger partial charge on any atom is 0.330 e. The van der Waals surface area contributed by atoms with Crippen LogP contribution in [0.4, 0.5) is 4.79 Å². The maximum atomic E-state index is 12.0. The van der Waals surface area contributed by atoms with Gasteiger partial charge in [0.2, 0.25) is 11.8 Å². The molecule has 0 spiro atoms. The molecular weight excluding hydrogens is 256 g/mol. The van der Waals surface area contributed by atoms with Crippen molar-refractivity contribution in [2.45, 2.75) is 31.9 Å². The molecule has 1 rings (SSSR count). The molecule has 6 nitrogen and oxygen atoms in total. The van der Waals surface area contributed by atoms with E-state index in [1.54, 1.807) is 6.92 Å². The van der Waals surface area contributed by atoms with Crippen molar-refractivity contribution in [2.75, 3.05) is 12.8 Å². The van der Waals surface area contributed by atoms with Crippen molar-refractivity contribution in [3.05, 3.63) is 0 Å². The van der Waals surface area contributed by atoms with Gasteiger partial charge in [0.1, 0.15) is 5.92 Å². The van der Waals surface area contributed by atoms with E-state index in [2.05, 4.69) is 5.32 Å². The molecule has 0 bridgehead atoms. The molecule has 0 aliphatic carbocycles. The van der Waals surface area contributed by atoms with E-state index < -0.39 is 34.6 Å². The minimum atomic E-state index is -1.12. The van der Waals surface area contributed by atoms with Crippen LogP contribution in [-0.2, 0) is 20.4 Å². The van der Waals surface area contributed by atoms with Gasteiger partial charge < -0.3 is 0 Å². The van der Waals surface area contributed by atoms with Crippen LogP contribution in [0.5, 0.6) is 0 Å². The lowest BCUT2D eigenvalue weighted by atomic mass is 9.99. The van der Waals surface area contributed by atoms with Crippen LogP contribution in [0.3, 0.4) is 0 Å². The summed E-state index contributed by atoms with van der Waals surface area (Å²) in [6, 6.07) is -0.713. The van der Waals surface area contributed by atoms with Crippen LogP contribution in [0.25, 0.3) is 0 Å². The van der Waals surface area contributed by atoms with Gasteiger partial charge in [0.05, 0.1) is 0 Å². The molecule has 102 valence electrons. The molecule has 3 atom stereocenters. The van der Waals surface area contributed by atoms with E-state index in [1.165, 1.54) is 6.26 Å². The third-order valence-corrected chi connectivity index (χ3v) is 4.22. The lowest BCUT2D eigenvalue weighted by molar-refractivity contribution is -0.142. The fourth-order valence-electron chi connectivity index (χ4n) is 1.74. The van der Waals surface area contributed by atoms with Crippen molar-refractivity contribution >= 4 is 28.6 Å². The second-order valence-corrected chi connectivity index (χ2v) is 6.20. The first-order valence-electron chi connectivity index (χ1n) is 5.86. The highest BCUT2D eigenvalue weighted by molar-refractivity contribution is 7.84. The Morgan fingerprint density at radius 1 is 1.39 bits per heavy atom. The van der Waals surface area contributed by atoms with Gasteiger partial charge in [-0.25, -0.2) is 4.79 Å². The second kappa shape index (κ2) is 6.08. The summed E-state index contributed by atoms with van der Waals surface area (Å²) in [5, 5.41) is 1.86. The summed E-state index contributed by atoms with van der Waals surface area (Å²) >= 11 is 0. The Bertz CT molecular complexity index is 397. The SMILES string of the molecule is CCCC1C(=O)NC(=O)N(CC(C)S(C)=O)C1=O. The molecule has 0 aromatic rings. The van der Waals surface area contributed by atoms with Crippen molar-refractivity contribution in [1.29, 1.82) is 0 Å². The molecule has 3 unspecified atom stereocenters. The molecule has 7 heteroatoms. The molecule has 1 heterocycles. The molecule has 1 saturated heterocycles. The first-order chi connectivity index (χ1) is 8.38. The van der Waals surface area contributed by atoms with Crippen LogP contribution in [-0.4, -0.2) is 45.0 Å². The monoisotopic (exact) mass is 274 g/mol. The zero-order valence-electron chi connectivity index (χ0n) is 10.8. The number of imide groups is 2. The molecule has 4 amide bonds. The second-order valence-electron chi connectivity index (χ2n) is 4.39. The minimum Gasteiger partial charge on any atom is -0.277 e. The fourth-order valence-corrected chi connectivity index (χ4v) is 2.10. The van der Waals surface area contributed by atoms with Gasteiger partial charge in [-0.15, -0.1) is 0 Å². The summed E-state index contributed by atoms with van der Waals surface area (Å²) < 4.78 is 11.3. The molecule has 1 aliphatic rings. The van der Waals surface area contributed by atoms with Gasteiger partial charge in [-0.1, -0.05) is 13.3 Å². The van der Waals surface area contributed by atoms with Crippen molar-refractivity contribution < 1.29 is 18.6 Å². The molecule has 1 fully saturated rings. The first kappa shape index (κ1) is 14.8. The van der Waals surface area contributed by atoms with Gasteiger partial charge in [0.25, 0.3) is 0 Å². The zero-order valence-corrected chi connectivity index (χ0v) is 11.6. The van der Waals surface area contributed by atoms with E-state index in [0.717, 1.165) is 4.90 Å². The van der Waals surface area contributed by atoms with Crippen molar-refractivity contribution in [3.63, 3.8) is 0 Å². The van der Waals surface area contributed by atoms with Gasteiger partial charge in [-0.2, -0.15) is 0 Å². The summed E-state index contributed by atoms with van der Waals surface area (Å²) in [7, 11) is -1.12. The molecule has 0 aromatic carbocycles. The summed E-state index contributed by atoms with van der Waals surface area (Å²) in [6.07, 6.45) is 2.62. The Morgan fingerprint density at radius 2 is 2.00 bits per heavy atom. The largest absolute Gasteiger partial charge is 0.330 e. The van der Waals surface area contributed by atoms with Gasteiger partial charge in [-0.05, 0) is 13.3 Å². The number of barbiturate groups is 1. The Morgan fingerprint density at radius 3 is 2.50 bits per heavy atom. The number of nitrogens with zero attached hydrogens (tertiary/aromatic N) is 1. The number of urea groups is 1. The van der Waals surface area contributed by atoms with Gasteiger partial charge in [0.15, 0.2) is 0 Å². The van der Waals surface area contributed by atoms with Gasteiger partial charge >= 0.3 is 6.03 Å². The highest BCUT2D eigenvalue weighted by Gasteiger charge is 2.40. The van der Waals surface area contributed by atoms with Crippen LogP contribution in [0.15, 0.2) is 0 Å². The van der Waals surface area contributed by atoms with Crippen molar-refractivity contribution in [3.8, 4) is 0 Å². The van der Waals surface area contributed by atoms with Gasteiger partial charge in [-0.3, -0.25) is 24.0 Å². The smallest absolute Gasteiger partial charge is 0.277 e. The fraction of sp³-hybridized carbons (Fsp3) is 0.727. The third kappa shape index (κ3) is 3.16. The lowest BCUT2D eigenvalue weighted by Crippen LogP contribution is -2.59. The predicted octanol–water partition coefficient (Wildman–Crippen LogP) is 0.248. The molecule has 0 aromatic heterocycles. The van der Waals surface area contributed by atoms with Crippen LogP contribution >= 0.6 is 0 Å². The molecule has 0 radical (unpaired) electrons. The number of nitrogens with one attached hydrogen (secondary N) is 1. The molecular formula is C11H18N2O4S. The summed E-state index contributed by atoms with van der Waals surface area (Å²) in [5.74, 6) is -1.82. The maximum absolute atomic E-state index is 12.0. The van der Waals surface area contributed by atoms with Crippen molar-refractivity contribution in [1.82, 2.24) is 10.2 Å². The number of rotatable bonds is 5. The van der Waals surface area contributed by atoms with Gasteiger partial charge in [0, 0.05) is 28.9 Å². The number of amides is 4. The van der Waals surface area contributed by atoms with Crippen LogP contribution < -0.4 is 5.32 Å². The van der Waals surface area contributed by atoms with Crippen molar-refractivity contribution in [2.24, 2.45) is 5.92 Å². The van der Waals surface area contributed by atoms with Crippen LogP contribution in [0.2, 0.25) is 0 Å². The van der Waals surface area contributed by atoms with E-state index in [4.69, 9.17) is 0 Å². The zero-order chi connectivity index (χ0) is 13.9. The molecule has 0 saturated carbocycles. The van der Waals surface area contributed by atoms with E-state index in [-0.39, 0.29) is 11.8 Å². The Labute approximate surface area is 109 Å². The minimum absolute atomic E-state index is 0.0707. The number of carbonyl (C=O) groups excluding carboxylic acids is 3. The highest BCUT2D eigenvalue weighted by atomic mass is 32.2. The predicted molar refractivity (Wildman–Crippen MR) is 67.2 cm³/mol. The van der Waals surface area contributed by atoms with Crippen LogP contribution in [0, 0.1) is 5.92 Å². The number of carbonyl (C=O) groups is 3. The lowest BCUT2D eigenvalue weighted by Gasteiger charge is -2.31. The average Bonchev–Trinajstić information content (AvgIpc) is 2.29. The quantitative estimate of drug-likeness (QED) is 0.728. The average molecular weight is 274 g/mol. The third-order valence-electron chi connectivity index (χ3n) is 2.94. The van der Waals surface area contributed by atoms with E-state index in [9.17, 15) is 18.6 Å². The molecule has 1 aliphatic heterocycles. The van der Waals surface area contributed by atoms with Crippen LogP contribution in [0.1, 0.15) is 26.7 Å². The Balaban J connectivity index is 2.83. The topological polar surface area (TPSA) is 83.6 Å². The highest BCUT2D eigenvalue weighted by Crippen LogP contribution is 2.16. The molecule has 18 heavy (non-hydrogen) atoms. The van der Waals surface area contributed by atoms with E-state index in [1.807, 2.05) is 6.92 Å². The van der Waals surface area contributed by atoms with E-state index in [0.29, 0.717) is 12.8 Å². The molecule has 1 N–H and O–H groups in total. The summed E-state index contributed by atoms with van der Waals surface area (Å²) in [6.45, 7) is 3.63.